The van der Waals surface area contributed by atoms with Crippen molar-refractivity contribution in [2.75, 3.05) is 5.32 Å². The molecule has 0 amide bonds. The van der Waals surface area contributed by atoms with E-state index in [0.29, 0.717) is 21.7 Å². The molecule has 0 atom stereocenters. The van der Waals surface area contributed by atoms with E-state index in [1.165, 1.54) is 35.6 Å². The Kier molecular flexibility index (Phi) is 5.30. The topological polar surface area (TPSA) is 122 Å². The Labute approximate surface area is 179 Å². The first kappa shape index (κ1) is 20.0. The van der Waals surface area contributed by atoms with E-state index in [1.54, 1.807) is 11.6 Å². The lowest BCUT2D eigenvalue weighted by Gasteiger charge is -2.02. The van der Waals surface area contributed by atoms with Crippen LogP contribution in [0.4, 0.5) is 11.4 Å². The number of aryl methyl sites for hydroxylation is 1. The molecule has 4 aromatic rings. The summed E-state index contributed by atoms with van der Waals surface area (Å²) in [6, 6.07) is 15.3. The van der Waals surface area contributed by atoms with Gasteiger partial charge in [-0.3, -0.25) is 10.1 Å². The third-order valence-electron chi connectivity index (χ3n) is 4.49. The van der Waals surface area contributed by atoms with Gasteiger partial charge in [-0.1, -0.05) is 17.7 Å². The van der Waals surface area contributed by atoms with Gasteiger partial charge in [0.05, 0.1) is 16.2 Å². The number of non-ortho nitro benzene ring substituents is 1. The van der Waals surface area contributed by atoms with Gasteiger partial charge in [-0.2, -0.15) is 5.26 Å². The predicted molar refractivity (Wildman–Crippen MR) is 119 cm³/mol. The molecule has 0 saturated carbocycles. The minimum absolute atomic E-state index is 0.108. The van der Waals surface area contributed by atoms with Gasteiger partial charge >= 0.3 is 5.63 Å². The normalized spacial score (nSPS) is 11.3. The first-order chi connectivity index (χ1) is 14.9. The molecule has 4 rings (SSSR count). The molecule has 0 bridgehead atoms. The molecule has 0 radical (unpaired) electrons. The lowest BCUT2D eigenvalue weighted by atomic mass is 10.1. The van der Waals surface area contributed by atoms with Gasteiger partial charge < -0.3 is 9.73 Å². The summed E-state index contributed by atoms with van der Waals surface area (Å²) in [6.45, 7) is 1.99. The smallest absolute Gasteiger partial charge is 0.345 e. The Morgan fingerprint density at radius 2 is 2.03 bits per heavy atom. The van der Waals surface area contributed by atoms with E-state index in [9.17, 15) is 20.2 Å². The number of hydrogen-bond acceptors (Lipinski definition) is 8. The largest absolute Gasteiger partial charge is 0.422 e. The number of nitriles is 1. The van der Waals surface area contributed by atoms with Crippen LogP contribution < -0.4 is 10.9 Å². The van der Waals surface area contributed by atoms with E-state index in [4.69, 9.17) is 4.42 Å². The number of anilines is 1. The number of fused-ring (bicyclic) bond motifs is 1. The van der Waals surface area contributed by atoms with E-state index in [2.05, 4.69) is 16.4 Å². The van der Waals surface area contributed by atoms with E-state index < -0.39 is 10.5 Å². The fourth-order valence-corrected chi connectivity index (χ4v) is 3.66. The molecule has 0 saturated heterocycles. The van der Waals surface area contributed by atoms with E-state index in [0.717, 1.165) is 11.3 Å². The first-order valence-electron chi connectivity index (χ1n) is 9.06. The summed E-state index contributed by atoms with van der Waals surface area (Å²) in [6.07, 6.45) is 1.56. The molecule has 2 heterocycles. The van der Waals surface area contributed by atoms with Crippen LogP contribution in [0.3, 0.4) is 0 Å². The van der Waals surface area contributed by atoms with Gasteiger partial charge in [-0.05, 0) is 31.2 Å². The number of allylic oxidation sites excluding steroid dienone is 1. The van der Waals surface area contributed by atoms with Crippen LogP contribution in [-0.4, -0.2) is 9.91 Å². The van der Waals surface area contributed by atoms with Crippen LogP contribution >= 0.6 is 11.3 Å². The summed E-state index contributed by atoms with van der Waals surface area (Å²) >= 11 is 1.21. The van der Waals surface area contributed by atoms with Crippen LogP contribution in [0.1, 0.15) is 10.6 Å². The molecule has 152 valence electrons. The molecule has 0 fully saturated rings. The summed E-state index contributed by atoms with van der Waals surface area (Å²) < 4.78 is 5.29. The molecule has 0 aliphatic rings. The van der Waals surface area contributed by atoms with Crippen LogP contribution in [0.5, 0.6) is 0 Å². The Balaban J connectivity index is 1.67. The van der Waals surface area contributed by atoms with Crippen LogP contribution in [0.2, 0.25) is 0 Å². The van der Waals surface area contributed by atoms with Crippen molar-refractivity contribution in [1.29, 1.82) is 5.26 Å². The second-order valence-electron chi connectivity index (χ2n) is 6.64. The summed E-state index contributed by atoms with van der Waals surface area (Å²) in [5.74, 6) is 0. The molecule has 1 N–H and O–H groups in total. The second kappa shape index (κ2) is 8.22. The maximum atomic E-state index is 12.4. The Bertz CT molecular complexity index is 1430. The van der Waals surface area contributed by atoms with Crippen LogP contribution in [0.25, 0.3) is 27.8 Å². The molecule has 31 heavy (non-hydrogen) atoms. The zero-order chi connectivity index (χ0) is 22.0. The fourth-order valence-electron chi connectivity index (χ4n) is 2.87. The molecule has 2 aromatic carbocycles. The minimum Gasteiger partial charge on any atom is -0.422 e. The summed E-state index contributed by atoms with van der Waals surface area (Å²) in [7, 11) is 0. The fraction of sp³-hybridized carbons (Fsp3) is 0.0455. The lowest BCUT2D eigenvalue weighted by Crippen LogP contribution is -2.03. The molecule has 9 heteroatoms. The van der Waals surface area contributed by atoms with Crippen molar-refractivity contribution in [2.24, 2.45) is 0 Å². The number of nitrogens with one attached hydrogen (secondary N) is 1. The van der Waals surface area contributed by atoms with Gasteiger partial charge in [0, 0.05) is 34.8 Å². The number of aromatic nitrogens is 1. The third-order valence-corrected chi connectivity index (χ3v) is 5.37. The first-order valence-corrected chi connectivity index (χ1v) is 9.94. The molecule has 0 aliphatic heterocycles. The third kappa shape index (κ3) is 4.19. The monoisotopic (exact) mass is 430 g/mol. The quantitative estimate of drug-likeness (QED) is 0.202. The maximum absolute atomic E-state index is 12.4. The lowest BCUT2D eigenvalue weighted by molar-refractivity contribution is -0.384. The molecule has 0 spiro atoms. The van der Waals surface area contributed by atoms with E-state index >= 15 is 0 Å². The van der Waals surface area contributed by atoms with Crippen molar-refractivity contribution in [2.45, 2.75) is 6.92 Å². The standard InChI is InChI=1S/C22H14N4O4S/c1-13-2-4-16(5-3-13)24-11-15(10-23)21-25-19(12-31-21)18-9-14-8-17(26(28)29)6-7-20(14)30-22(18)27/h2-9,11-12,24H,1H3. The van der Waals surface area contributed by atoms with Gasteiger partial charge in [0.2, 0.25) is 0 Å². The second-order valence-corrected chi connectivity index (χ2v) is 7.50. The van der Waals surface area contributed by atoms with E-state index in [-0.39, 0.29) is 16.8 Å². The number of nitro benzene ring substituents is 1. The van der Waals surface area contributed by atoms with E-state index in [1.807, 2.05) is 31.2 Å². The number of nitro groups is 1. The van der Waals surface area contributed by atoms with Crippen molar-refractivity contribution in [3.63, 3.8) is 0 Å². The van der Waals surface area contributed by atoms with Gasteiger partial charge in [0.1, 0.15) is 22.2 Å². The highest BCUT2D eigenvalue weighted by Gasteiger charge is 2.15. The van der Waals surface area contributed by atoms with Crippen LogP contribution in [0, 0.1) is 28.4 Å². The zero-order valence-corrected chi connectivity index (χ0v) is 17.0. The van der Waals surface area contributed by atoms with Crippen molar-refractivity contribution in [1.82, 2.24) is 4.98 Å². The predicted octanol–water partition coefficient (Wildman–Crippen LogP) is 5.11. The molecule has 0 aliphatic carbocycles. The zero-order valence-electron chi connectivity index (χ0n) is 16.2. The summed E-state index contributed by atoms with van der Waals surface area (Å²) in [4.78, 5) is 27.3. The highest BCUT2D eigenvalue weighted by Crippen LogP contribution is 2.28. The summed E-state index contributed by atoms with van der Waals surface area (Å²) in [5, 5.41) is 26.1. The summed E-state index contributed by atoms with van der Waals surface area (Å²) in [5.41, 5.74) is 2.28. The van der Waals surface area contributed by atoms with Gasteiger partial charge in [0.15, 0.2) is 0 Å². The van der Waals surface area contributed by atoms with Crippen molar-refractivity contribution in [3.8, 4) is 17.3 Å². The average Bonchev–Trinajstić information content (AvgIpc) is 3.24. The number of benzene rings is 2. The highest BCUT2D eigenvalue weighted by atomic mass is 32.1. The van der Waals surface area contributed by atoms with Crippen LogP contribution in [-0.2, 0) is 0 Å². The van der Waals surface area contributed by atoms with Gasteiger partial charge in [-0.15, -0.1) is 11.3 Å². The Hall–Kier alpha value is -4.29. The Morgan fingerprint density at radius 3 is 2.74 bits per heavy atom. The number of rotatable bonds is 5. The molecule has 2 aromatic heterocycles. The SMILES string of the molecule is Cc1ccc(NC=C(C#N)c2nc(-c3cc4cc([N+](=O)[O-])ccc4oc3=O)cs2)cc1. The highest BCUT2D eigenvalue weighted by molar-refractivity contribution is 7.11. The van der Waals surface area contributed by atoms with Gasteiger partial charge in [0.25, 0.3) is 5.69 Å². The van der Waals surface area contributed by atoms with Crippen molar-refractivity contribution in [3.05, 3.63) is 91.2 Å². The van der Waals surface area contributed by atoms with Crippen molar-refractivity contribution >= 4 is 39.3 Å². The minimum atomic E-state index is -0.613. The number of nitrogens with zero attached hydrogens (tertiary/aromatic N) is 3. The molecule has 0 unspecified atom stereocenters. The number of hydrogen-bond donors (Lipinski definition) is 1. The average molecular weight is 430 g/mol. The van der Waals surface area contributed by atoms with Crippen LogP contribution in [0.15, 0.2) is 69.3 Å². The molecule has 8 nitrogen and oxygen atoms in total. The molecular formula is C22H14N4O4S. The maximum Gasteiger partial charge on any atom is 0.345 e. The van der Waals surface area contributed by atoms with Gasteiger partial charge in [-0.25, -0.2) is 9.78 Å². The Morgan fingerprint density at radius 1 is 1.26 bits per heavy atom. The number of thiazole rings is 1. The van der Waals surface area contributed by atoms with Crippen molar-refractivity contribution < 1.29 is 9.34 Å². The molecular weight excluding hydrogens is 416 g/mol.